The molecule has 0 heterocycles. The minimum atomic E-state index is -0.534. The van der Waals surface area contributed by atoms with Crippen molar-refractivity contribution in [1.82, 2.24) is 0 Å². The van der Waals surface area contributed by atoms with Crippen LogP contribution in [-0.4, -0.2) is 11.9 Å². The number of hydrogen-bond donors (Lipinski definition) is 0. The van der Waals surface area contributed by atoms with Crippen LogP contribution >= 0.6 is 15.9 Å². The van der Waals surface area contributed by atoms with Crippen molar-refractivity contribution in [2.75, 3.05) is 0 Å². The quantitative estimate of drug-likeness (QED) is 0.762. The van der Waals surface area contributed by atoms with Crippen LogP contribution in [-0.2, 0) is 0 Å². The number of carbonyl (C=O) groups is 1. The fraction of sp³-hybridized carbons (Fsp3) is 0.188. The largest absolute Gasteiger partial charge is 0.491 e. The highest BCUT2D eigenvalue weighted by molar-refractivity contribution is 9.10. The Bertz CT molecular complexity index is 638. The van der Waals surface area contributed by atoms with Crippen molar-refractivity contribution in [3.63, 3.8) is 0 Å². The molecule has 2 aromatic rings. The van der Waals surface area contributed by atoms with Gasteiger partial charge in [0, 0.05) is 10.0 Å². The third-order valence-corrected chi connectivity index (χ3v) is 3.13. The lowest BCUT2D eigenvalue weighted by Gasteiger charge is -2.10. The predicted octanol–water partition coefficient (Wildman–Crippen LogP) is 4.61. The zero-order valence-corrected chi connectivity index (χ0v) is 12.8. The maximum atomic E-state index is 13.7. The van der Waals surface area contributed by atoms with Gasteiger partial charge >= 0.3 is 0 Å². The number of benzene rings is 2. The van der Waals surface area contributed by atoms with E-state index in [1.165, 1.54) is 12.1 Å². The summed E-state index contributed by atoms with van der Waals surface area (Å²) < 4.78 is 19.9. The SMILES string of the molecule is CC(C)Oc1cccc(C(=O)c2cc(Br)ccc2F)c1. The molecule has 0 radical (unpaired) electrons. The Labute approximate surface area is 125 Å². The van der Waals surface area contributed by atoms with E-state index < -0.39 is 5.82 Å². The summed E-state index contributed by atoms with van der Waals surface area (Å²) in [5.41, 5.74) is 0.446. The number of rotatable bonds is 4. The van der Waals surface area contributed by atoms with Gasteiger partial charge in [0.05, 0.1) is 11.7 Å². The summed E-state index contributed by atoms with van der Waals surface area (Å²) in [6.45, 7) is 3.81. The van der Waals surface area contributed by atoms with Crippen molar-refractivity contribution >= 4 is 21.7 Å². The van der Waals surface area contributed by atoms with Gasteiger partial charge in [-0.05, 0) is 44.2 Å². The molecule has 104 valence electrons. The topological polar surface area (TPSA) is 26.3 Å². The number of hydrogen-bond acceptors (Lipinski definition) is 2. The van der Waals surface area contributed by atoms with E-state index in [2.05, 4.69) is 15.9 Å². The van der Waals surface area contributed by atoms with Crippen molar-refractivity contribution in [2.45, 2.75) is 20.0 Å². The molecule has 2 rings (SSSR count). The van der Waals surface area contributed by atoms with E-state index in [9.17, 15) is 9.18 Å². The lowest BCUT2D eigenvalue weighted by atomic mass is 10.0. The molecule has 0 aliphatic heterocycles. The summed E-state index contributed by atoms with van der Waals surface area (Å²) >= 11 is 3.24. The zero-order valence-electron chi connectivity index (χ0n) is 11.2. The van der Waals surface area contributed by atoms with E-state index in [4.69, 9.17) is 4.74 Å². The molecule has 0 fully saturated rings. The van der Waals surface area contributed by atoms with Crippen LogP contribution in [0.2, 0.25) is 0 Å². The Kier molecular flexibility index (Phi) is 4.55. The van der Waals surface area contributed by atoms with E-state index in [1.807, 2.05) is 13.8 Å². The van der Waals surface area contributed by atoms with Crippen molar-refractivity contribution in [3.8, 4) is 5.75 Å². The van der Waals surface area contributed by atoms with Gasteiger partial charge in [-0.15, -0.1) is 0 Å². The van der Waals surface area contributed by atoms with Crippen LogP contribution in [0.5, 0.6) is 5.75 Å². The maximum Gasteiger partial charge on any atom is 0.196 e. The molecule has 0 saturated heterocycles. The third kappa shape index (κ3) is 3.45. The first-order valence-electron chi connectivity index (χ1n) is 6.24. The second kappa shape index (κ2) is 6.18. The van der Waals surface area contributed by atoms with Crippen molar-refractivity contribution < 1.29 is 13.9 Å². The summed E-state index contributed by atoms with van der Waals surface area (Å²) in [4.78, 5) is 12.3. The summed E-state index contributed by atoms with van der Waals surface area (Å²) in [5.74, 6) is -0.298. The van der Waals surface area contributed by atoms with Crippen LogP contribution in [0.3, 0.4) is 0 Å². The molecular formula is C16H14BrFO2. The Morgan fingerprint density at radius 1 is 1.20 bits per heavy atom. The van der Waals surface area contributed by atoms with Gasteiger partial charge in [0.1, 0.15) is 11.6 Å². The summed E-state index contributed by atoms with van der Waals surface area (Å²) in [6.07, 6.45) is 0.0166. The van der Waals surface area contributed by atoms with E-state index >= 15 is 0 Å². The highest BCUT2D eigenvalue weighted by atomic mass is 79.9. The normalized spacial score (nSPS) is 10.7. The monoisotopic (exact) mass is 336 g/mol. The van der Waals surface area contributed by atoms with E-state index in [0.717, 1.165) is 0 Å². The minimum Gasteiger partial charge on any atom is -0.491 e. The fourth-order valence-corrected chi connectivity index (χ4v) is 2.17. The zero-order chi connectivity index (χ0) is 14.7. The summed E-state index contributed by atoms with van der Waals surface area (Å²) in [7, 11) is 0. The van der Waals surface area contributed by atoms with Gasteiger partial charge in [-0.25, -0.2) is 4.39 Å². The van der Waals surface area contributed by atoms with Crippen LogP contribution in [0.1, 0.15) is 29.8 Å². The van der Waals surface area contributed by atoms with Crippen LogP contribution in [0, 0.1) is 5.82 Å². The number of ether oxygens (including phenoxy) is 1. The maximum absolute atomic E-state index is 13.7. The molecule has 0 aromatic heterocycles. The molecular weight excluding hydrogens is 323 g/mol. The van der Waals surface area contributed by atoms with E-state index in [-0.39, 0.29) is 17.5 Å². The highest BCUT2D eigenvalue weighted by Crippen LogP contribution is 2.21. The first kappa shape index (κ1) is 14.7. The Morgan fingerprint density at radius 2 is 1.95 bits per heavy atom. The smallest absolute Gasteiger partial charge is 0.196 e. The Morgan fingerprint density at radius 3 is 2.65 bits per heavy atom. The van der Waals surface area contributed by atoms with Crippen molar-refractivity contribution in [3.05, 3.63) is 63.9 Å². The number of halogens is 2. The van der Waals surface area contributed by atoms with E-state index in [1.54, 1.807) is 30.3 Å². The van der Waals surface area contributed by atoms with Gasteiger partial charge in [-0.1, -0.05) is 28.1 Å². The predicted molar refractivity (Wildman–Crippen MR) is 79.7 cm³/mol. The molecule has 0 unspecified atom stereocenters. The molecule has 0 atom stereocenters. The van der Waals surface area contributed by atoms with Crippen LogP contribution in [0.15, 0.2) is 46.9 Å². The molecule has 20 heavy (non-hydrogen) atoms. The lowest BCUT2D eigenvalue weighted by molar-refractivity contribution is 0.103. The molecule has 0 bridgehead atoms. The standard InChI is InChI=1S/C16H14BrFO2/c1-10(2)20-13-5-3-4-11(8-13)16(19)14-9-12(17)6-7-15(14)18/h3-10H,1-2H3. The summed E-state index contributed by atoms with van der Waals surface area (Å²) in [6, 6.07) is 11.1. The van der Waals surface area contributed by atoms with Crippen LogP contribution in [0.25, 0.3) is 0 Å². The molecule has 2 aromatic carbocycles. The highest BCUT2D eigenvalue weighted by Gasteiger charge is 2.15. The lowest BCUT2D eigenvalue weighted by Crippen LogP contribution is -2.08. The van der Waals surface area contributed by atoms with Crippen molar-refractivity contribution in [1.29, 1.82) is 0 Å². The van der Waals surface area contributed by atoms with E-state index in [0.29, 0.717) is 15.8 Å². The molecule has 0 saturated carbocycles. The van der Waals surface area contributed by atoms with Gasteiger partial charge in [-0.3, -0.25) is 4.79 Å². The summed E-state index contributed by atoms with van der Waals surface area (Å²) in [5, 5.41) is 0. The van der Waals surface area contributed by atoms with Crippen LogP contribution in [0.4, 0.5) is 4.39 Å². The van der Waals surface area contributed by atoms with Crippen LogP contribution < -0.4 is 4.74 Å². The van der Waals surface area contributed by atoms with Crippen molar-refractivity contribution in [2.24, 2.45) is 0 Å². The first-order chi connectivity index (χ1) is 9.47. The Balaban J connectivity index is 2.35. The molecule has 0 aliphatic carbocycles. The van der Waals surface area contributed by atoms with Gasteiger partial charge in [-0.2, -0.15) is 0 Å². The molecule has 0 spiro atoms. The third-order valence-electron chi connectivity index (χ3n) is 2.64. The average Bonchev–Trinajstić information content (AvgIpc) is 2.40. The minimum absolute atomic E-state index is 0.0166. The average molecular weight is 337 g/mol. The Hall–Kier alpha value is -1.68. The molecule has 0 amide bonds. The van der Waals surface area contributed by atoms with Gasteiger partial charge in [0.15, 0.2) is 5.78 Å². The van der Waals surface area contributed by atoms with Gasteiger partial charge in [0.2, 0.25) is 0 Å². The van der Waals surface area contributed by atoms with Gasteiger partial charge < -0.3 is 4.74 Å². The molecule has 2 nitrogen and oxygen atoms in total. The second-order valence-electron chi connectivity index (χ2n) is 4.65. The molecule has 4 heteroatoms. The molecule has 0 aliphatic rings. The fourth-order valence-electron chi connectivity index (χ4n) is 1.81. The first-order valence-corrected chi connectivity index (χ1v) is 7.03. The number of carbonyl (C=O) groups excluding carboxylic acids is 1. The molecule has 0 N–H and O–H groups in total. The van der Waals surface area contributed by atoms with Gasteiger partial charge in [0.25, 0.3) is 0 Å². The second-order valence-corrected chi connectivity index (χ2v) is 5.56. The number of ketones is 1.